The van der Waals surface area contributed by atoms with E-state index in [1.165, 1.54) is 0 Å². The van der Waals surface area contributed by atoms with Crippen LogP contribution in [0.25, 0.3) is 0 Å². The van der Waals surface area contributed by atoms with Gasteiger partial charge in [-0.15, -0.1) is 0 Å². The first kappa shape index (κ1) is 12.2. The SMILES string of the molecule is COc1ccc(C2OC(=O)c3cccc(Br)c32)cc1. The van der Waals surface area contributed by atoms with E-state index in [1.54, 1.807) is 13.2 Å². The molecule has 0 saturated carbocycles. The normalized spacial score (nSPS) is 16.9. The molecule has 19 heavy (non-hydrogen) atoms. The van der Waals surface area contributed by atoms with Gasteiger partial charge in [0.15, 0.2) is 6.10 Å². The van der Waals surface area contributed by atoms with Crippen molar-refractivity contribution in [2.75, 3.05) is 7.11 Å². The molecular weight excluding hydrogens is 308 g/mol. The Labute approximate surface area is 119 Å². The van der Waals surface area contributed by atoms with Crippen LogP contribution in [0.15, 0.2) is 46.9 Å². The van der Waals surface area contributed by atoms with Crippen LogP contribution in [-0.2, 0) is 4.74 Å². The Kier molecular flexibility index (Phi) is 3.03. The van der Waals surface area contributed by atoms with Crippen molar-refractivity contribution in [2.45, 2.75) is 6.10 Å². The molecule has 4 heteroatoms. The van der Waals surface area contributed by atoms with Gasteiger partial charge in [0.1, 0.15) is 5.75 Å². The first-order valence-electron chi connectivity index (χ1n) is 5.84. The largest absolute Gasteiger partial charge is 0.497 e. The van der Waals surface area contributed by atoms with E-state index in [9.17, 15) is 4.79 Å². The van der Waals surface area contributed by atoms with Crippen LogP contribution < -0.4 is 4.74 Å². The molecule has 96 valence electrons. The second kappa shape index (κ2) is 4.70. The topological polar surface area (TPSA) is 35.5 Å². The van der Waals surface area contributed by atoms with Crippen LogP contribution in [0.4, 0.5) is 0 Å². The Hall–Kier alpha value is -1.81. The Balaban J connectivity index is 2.06. The van der Waals surface area contributed by atoms with E-state index in [0.717, 1.165) is 21.3 Å². The van der Waals surface area contributed by atoms with Crippen LogP contribution in [0, 0.1) is 0 Å². The fourth-order valence-corrected chi connectivity index (χ4v) is 2.80. The van der Waals surface area contributed by atoms with Gasteiger partial charge >= 0.3 is 5.97 Å². The zero-order chi connectivity index (χ0) is 13.4. The summed E-state index contributed by atoms with van der Waals surface area (Å²) in [4.78, 5) is 11.9. The van der Waals surface area contributed by atoms with Crippen molar-refractivity contribution in [1.82, 2.24) is 0 Å². The highest BCUT2D eigenvalue weighted by Crippen LogP contribution is 2.40. The quantitative estimate of drug-likeness (QED) is 0.792. The lowest BCUT2D eigenvalue weighted by atomic mass is 9.99. The van der Waals surface area contributed by atoms with Gasteiger partial charge < -0.3 is 9.47 Å². The van der Waals surface area contributed by atoms with Gasteiger partial charge in [0.05, 0.1) is 12.7 Å². The smallest absolute Gasteiger partial charge is 0.339 e. The van der Waals surface area contributed by atoms with Gasteiger partial charge in [-0.05, 0) is 29.8 Å². The minimum absolute atomic E-state index is 0.280. The number of hydrogen-bond acceptors (Lipinski definition) is 3. The number of ether oxygens (including phenoxy) is 2. The predicted molar refractivity (Wildman–Crippen MR) is 74.4 cm³/mol. The summed E-state index contributed by atoms with van der Waals surface area (Å²) in [5, 5.41) is 0. The van der Waals surface area contributed by atoms with E-state index >= 15 is 0 Å². The van der Waals surface area contributed by atoms with E-state index in [1.807, 2.05) is 36.4 Å². The number of cyclic esters (lactones) is 1. The minimum Gasteiger partial charge on any atom is -0.497 e. The molecule has 3 rings (SSSR count). The Morgan fingerprint density at radius 1 is 1.16 bits per heavy atom. The highest BCUT2D eigenvalue weighted by Gasteiger charge is 2.33. The summed E-state index contributed by atoms with van der Waals surface area (Å²) in [6, 6.07) is 13.1. The molecule has 2 aromatic rings. The lowest BCUT2D eigenvalue weighted by Gasteiger charge is -2.12. The minimum atomic E-state index is -0.357. The fourth-order valence-electron chi connectivity index (χ4n) is 2.22. The van der Waals surface area contributed by atoms with Crippen LogP contribution in [0.1, 0.15) is 27.6 Å². The summed E-state index contributed by atoms with van der Waals surface area (Å²) in [5.41, 5.74) is 2.44. The second-order valence-electron chi connectivity index (χ2n) is 4.26. The average molecular weight is 319 g/mol. The van der Waals surface area contributed by atoms with Crippen molar-refractivity contribution in [2.24, 2.45) is 0 Å². The van der Waals surface area contributed by atoms with E-state index in [-0.39, 0.29) is 12.1 Å². The number of carbonyl (C=O) groups excluding carboxylic acids is 1. The van der Waals surface area contributed by atoms with E-state index < -0.39 is 0 Å². The fraction of sp³-hybridized carbons (Fsp3) is 0.133. The molecule has 0 spiro atoms. The third-order valence-corrected chi connectivity index (χ3v) is 3.87. The third-order valence-electron chi connectivity index (χ3n) is 3.18. The molecule has 0 bridgehead atoms. The van der Waals surface area contributed by atoms with E-state index in [0.29, 0.717) is 5.56 Å². The van der Waals surface area contributed by atoms with Crippen molar-refractivity contribution < 1.29 is 14.3 Å². The summed E-state index contributed by atoms with van der Waals surface area (Å²) in [7, 11) is 1.62. The zero-order valence-electron chi connectivity index (χ0n) is 10.2. The Morgan fingerprint density at radius 2 is 1.89 bits per heavy atom. The van der Waals surface area contributed by atoms with Crippen molar-refractivity contribution in [1.29, 1.82) is 0 Å². The summed E-state index contributed by atoms with van der Waals surface area (Å²) in [6.07, 6.45) is -0.357. The monoisotopic (exact) mass is 318 g/mol. The number of hydrogen-bond donors (Lipinski definition) is 0. The highest BCUT2D eigenvalue weighted by atomic mass is 79.9. The number of rotatable bonds is 2. The van der Waals surface area contributed by atoms with Gasteiger partial charge in [-0.25, -0.2) is 4.79 Å². The van der Waals surface area contributed by atoms with E-state index in [2.05, 4.69) is 15.9 Å². The molecule has 0 fully saturated rings. The summed E-state index contributed by atoms with van der Waals surface area (Å²) in [5.74, 6) is 0.498. The van der Waals surface area contributed by atoms with Gasteiger partial charge in [0.25, 0.3) is 0 Å². The molecule has 1 unspecified atom stereocenters. The Morgan fingerprint density at radius 3 is 2.58 bits per heavy atom. The van der Waals surface area contributed by atoms with Crippen LogP contribution in [0.5, 0.6) is 5.75 Å². The van der Waals surface area contributed by atoms with Crippen molar-refractivity contribution >= 4 is 21.9 Å². The number of methoxy groups -OCH3 is 1. The zero-order valence-corrected chi connectivity index (χ0v) is 11.8. The Bertz CT molecular complexity index is 634. The lowest BCUT2D eigenvalue weighted by molar-refractivity contribution is 0.0455. The summed E-state index contributed by atoms with van der Waals surface area (Å²) in [6.45, 7) is 0. The second-order valence-corrected chi connectivity index (χ2v) is 5.11. The average Bonchev–Trinajstić information content (AvgIpc) is 2.78. The maximum absolute atomic E-state index is 11.9. The van der Waals surface area contributed by atoms with Gasteiger partial charge in [-0.2, -0.15) is 0 Å². The van der Waals surface area contributed by atoms with Crippen molar-refractivity contribution in [3.05, 3.63) is 63.6 Å². The number of benzene rings is 2. The van der Waals surface area contributed by atoms with Gasteiger partial charge in [-0.1, -0.05) is 34.1 Å². The molecule has 0 radical (unpaired) electrons. The van der Waals surface area contributed by atoms with Gasteiger partial charge in [0.2, 0.25) is 0 Å². The first-order chi connectivity index (χ1) is 9.20. The van der Waals surface area contributed by atoms with Crippen LogP contribution in [-0.4, -0.2) is 13.1 Å². The molecule has 1 aliphatic heterocycles. The highest BCUT2D eigenvalue weighted by molar-refractivity contribution is 9.10. The molecule has 0 aliphatic carbocycles. The molecular formula is C15H11BrO3. The van der Waals surface area contributed by atoms with Crippen molar-refractivity contribution in [3.63, 3.8) is 0 Å². The molecule has 1 heterocycles. The standard InChI is InChI=1S/C15H11BrO3/c1-18-10-7-5-9(6-8-10)14-13-11(15(17)19-14)3-2-4-12(13)16/h2-8,14H,1H3. The maximum atomic E-state index is 11.9. The molecule has 0 N–H and O–H groups in total. The molecule has 1 atom stereocenters. The van der Waals surface area contributed by atoms with Crippen LogP contribution >= 0.6 is 15.9 Å². The first-order valence-corrected chi connectivity index (χ1v) is 6.63. The van der Waals surface area contributed by atoms with Crippen LogP contribution in [0.3, 0.4) is 0 Å². The molecule has 0 amide bonds. The third kappa shape index (κ3) is 2.02. The van der Waals surface area contributed by atoms with E-state index in [4.69, 9.17) is 9.47 Å². The number of halogens is 1. The summed E-state index contributed by atoms with van der Waals surface area (Å²) < 4.78 is 11.5. The van der Waals surface area contributed by atoms with Crippen molar-refractivity contribution in [3.8, 4) is 5.75 Å². The maximum Gasteiger partial charge on any atom is 0.339 e. The number of esters is 1. The number of carbonyl (C=O) groups is 1. The van der Waals surface area contributed by atoms with Gasteiger partial charge in [-0.3, -0.25) is 0 Å². The number of fused-ring (bicyclic) bond motifs is 1. The molecule has 1 aliphatic rings. The molecule has 2 aromatic carbocycles. The molecule has 3 nitrogen and oxygen atoms in total. The molecule has 0 saturated heterocycles. The molecule has 0 aromatic heterocycles. The van der Waals surface area contributed by atoms with Gasteiger partial charge in [0, 0.05) is 10.0 Å². The summed E-state index contributed by atoms with van der Waals surface area (Å²) >= 11 is 3.48. The van der Waals surface area contributed by atoms with Crippen LogP contribution in [0.2, 0.25) is 0 Å². The predicted octanol–water partition coefficient (Wildman–Crippen LogP) is 3.72. The lowest BCUT2D eigenvalue weighted by Crippen LogP contribution is -2.01.